The van der Waals surface area contributed by atoms with E-state index in [0.29, 0.717) is 18.9 Å². The largest absolute Gasteiger partial charge is 0.352 e. The zero-order chi connectivity index (χ0) is 19.6. The lowest BCUT2D eigenvalue weighted by Gasteiger charge is -2.31. The summed E-state index contributed by atoms with van der Waals surface area (Å²) < 4.78 is 27.1. The number of rotatable bonds is 5. The molecular weight excluding hydrogens is 408 g/mol. The average Bonchev–Trinajstić information content (AvgIpc) is 3.12. The number of piperidine rings is 1. The van der Waals surface area contributed by atoms with Gasteiger partial charge in [-0.05, 0) is 45.2 Å². The van der Waals surface area contributed by atoms with Crippen molar-refractivity contribution in [2.24, 2.45) is 0 Å². The van der Waals surface area contributed by atoms with E-state index < -0.39 is 21.0 Å². The Morgan fingerprint density at radius 3 is 2.79 bits per heavy atom. The number of nitrogens with zero attached hydrogens (tertiary/aromatic N) is 2. The van der Waals surface area contributed by atoms with Gasteiger partial charge in [-0.25, -0.2) is 8.42 Å². The lowest BCUT2D eigenvalue weighted by Crippen LogP contribution is -2.52. The summed E-state index contributed by atoms with van der Waals surface area (Å²) in [5.41, 5.74) is -0.292. The molecule has 2 N–H and O–H groups in total. The van der Waals surface area contributed by atoms with Crippen molar-refractivity contribution in [2.45, 2.75) is 55.6 Å². The molecule has 3 atom stereocenters. The molecule has 9 nitrogen and oxygen atoms in total. The van der Waals surface area contributed by atoms with E-state index in [1.165, 1.54) is 22.5 Å². The van der Waals surface area contributed by atoms with E-state index in [-0.39, 0.29) is 41.5 Å². The Balaban J connectivity index is 0.00000280. The van der Waals surface area contributed by atoms with Crippen LogP contribution < -0.4 is 10.6 Å². The summed E-state index contributed by atoms with van der Waals surface area (Å²) in [6, 6.07) is 4.49. The van der Waals surface area contributed by atoms with Gasteiger partial charge in [-0.1, -0.05) is 6.07 Å². The molecule has 0 aromatic heterocycles. The highest BCUT2D eigenvalue weighted by Gasteiger charge is 2.40. The van der Waals surface area contributed by atoms with Crippen LogP contribution in [0.25, 0.3) is 0 Å². The number of amides is 1. The van der Waals surface area contributed by atoms with Crippen molar-refractivity contribution in [3.8, 4) is 0 Å². The molecule has 2 fully saturated rings. The van der Waals surface area contributed by atoms with Crippen LogP contribution in [0.3, 0.4) is 0 Å². The van der Waals surface area contributed by atoms with Crippen molar-refractivity contribution < 1.29 is 18.1 Å². The van der Waals surface area contributed by atoms with Crippen LogP contribution in [0, 0.1) is 10.1 Å². The topological polar surface area (TPSA) is 122 Å². The van der Waals surface area contributed by atoms with Crippen molar-refractivity contribution in [2.75, 3.05) is 13.1 Å². The maximum absolute atomic E-state index is 13.0. The predicted octanol–water partition coefficient (Wildman–Crippen LogP) is 1.43. The van der Waals surface area contributed by atoms with Crippen LogP contribution in [-0.4, -0.2) is 54.8 Å². The van der Waals surface area contributed by atoms with Crippen LogP contribution in [0.4, 0.5) is 5.69 Å². The fourth-order valence-corrected chi connectivity index (χ4v) is 5.44. The lowest BCUT2D eigenvalue weighted by molar-refractivity contribution is -0.385. The molecule has 0 bridgehead atoms. The first-order valence-electron chi connectivity index (χ1n) is 9.09. The number of hydrogen-bond donors (Lipinski definition) is 2. The van der Waals surface area contributed by atoms with Crippen LogP contribution in [-0.2, 0) is 14.8 Å². The van der Waals surface area contributed by atoms with Gasteiger partial charge in [-0.2, -0.15) is 4.31 Å². The van der Waals surface area contributed by atoms with Crippen LogP contribution >= 0.6 is 12.4 Å². The minimum absolute atomic E-state index is 0. The number of hydrogen-bond acceptors (Lipinski definition) is 6. The third kappa shape index (κ3) is 4.80. The first kappa shape index (κ1) is 22.5. The van der Waals surface area contributed by atoms with Gasteiger partial charge < -0.3 is 10.6 Å². The summed E-state index contributed by atoms with van der Waals surface area (Å²) >= 11 is 0. The number of carbonyl (C=O) groups is 1. The molecule has 1 aromatic carbocycles. The van der Waals surface area contributed by atoms with E-state index in [1.807, 2.05) is 6.92 Å². The number of halogens is 1. The Morgan fingerprint density at radius 2 is 2.11 bits per heavy atom. The summed E-state index contributed by atoms with van der Waals surface area (Å²) in [6.07, 6.45) is 2.63. The van der Waals surface area contributed by atoms with Crippen LogP contribution in [0.5, 0.6) is 0 Å². The van der Waals surface area contributed by atoms with Gasteiger partial charge in [0.1, 0.15) is 6.04 Å². The molecule has 2 aliphatic rings. The number of nitrogens with one attached hydrogen (secondary N) is 2. The zero-order valence-corrected chi connectivity index (χ0v) is 17.2. The number of sulfonamides is 1. The molecule has 28 heavy (non-hydrogen) atoms. The summed E-state index contributed by atoms with van der Waals surface area (Å²) in [7, 11) is -3.98. The van der Waals surface area contributed by atoms with Crippen molar-refractivity contribution in [1.82, 2.24) is 14.9 Å². The molecule has 3 rings (SSSR count). The monoisotopic (exact) mass is 432 g/mol. The molecule has 0 spiro atoms. The molecule has 11 heteroatoms. The molecule has 2 heterocycles. The van der Waals surface area contributed by atoms with Crippen molar-refractivity contribution >= 4 is 34.0 Å². The number of nitro groups is 1. The molecule has 3 unspecified atom stereocenters. The van der Waals surface area contributed by atoms with Crippen molar-refractivity contribution in [1.29, 1.82) is 0 Å². The number of carbonyl (C=O) groups excluding carboxylic acids is 1. The Morgan fingerprint density at radius 1 is 1.36 bits per heavy atom. The van der Waals surface area contributed by atoms with Crippen molar-refractivity contribution in [3.63, 3.8) is 0 Å². The summed E-state index contributed by atoms with van der Waals surface area (Å²) in [6.45, 7) is 3.09. The van der Waals surface area contributed by atoms with Gasteiger partial charge in [0.2, 0.25) is 15.9 Å². The first-order valence-corrected chi connectivity index (χ1v) is 10.5. The van der Waals surface area contributed by atoms with E-state index in [2.05, 4.69) is 10.6 Å². The zero-order valence-electron chi connectivity index (χ0n) is 15.5. The summed E-state index contributed by atoms with van der Waals surface area (Å²) in [4.78, 5) is 22.9. The molecular formula is C17H25ClN4O5S. The molecule has 2 saturated heterocycles. The van der Waals surface area contributed by atoms with Gasteiger partial charge in [0, 0.05) is 30.8 Å². The fraction of sp³-hybridized carbons (Fsp3) is 0.588. The SMILES string of the molecule is CC1CC(NC(=O)C2CCCN2S(=O)(=O)c2cccc([N+](=O)[O-])c2)CCN1.Cl. The normalized spacial score (nSPS) is 25.7. The minimum Gasteiger partial charge on any atom is -0.352 e. The molecule has 156 valence electrons. The third-order valence-electron chi connectivity index (χ3n) is 5.11. The van der Waals surface area contributed by atoms with E-state index in [0.717, 1.165) is 25.5 Å². The minimum atomic E-state index is -3.98. The van der Waals surface area contributed by atoms with Crippen LogP contribution in [0.15, 0.2) is 29.2 Å². The second-order valence-electron chi connectivity index (χ2n) is 7.11. The Labute approximate surface area is 170 Å². The Kier molecular flexibility index (Phi) is 7.38. The second-order valence-corrected chi connectivity index (χ2v) is 9.00. The Hall–Kier alpha value is -1.75. The summed E-state index contributed by atoms with van der Waals surface area (Å²) in [5, 5.41) is 17.2. The second kappa shape index (κ2) is 9.17. The highest BCUT2D eigenvalue weighted by Crippen LogP contribution is 2.28. The lowest BCUT2D eigenvalue weighted by atomic mass is 10.0. The van der Waals surface area contributed by atoms with Crippen LogP contribution in [0.2, 0.25) is 0 Å². The number of benzene rings is 1. The van der Waals surface area contributed by atoms with E-state index in [1.54, 1.807) is 0 Å². The highest BCUT2D eigenvalue weighted by molar-refractivity contribution is 7.89. The molecule has 1 aromatic rings. The van der Waals surface area contributed by atoms with Gasteiger partial charge >= 0.3 is 0 Å². The molecule has 0 radical (unpaired) electrons. The molecule has 2 aliphatic heterocycles. The summed E-state index contributed by atoms with van der Waals surface area (Å²) in [5.74, 6) is -0.291. The maximum atomic E-state index is 13.0. The quantitative estimate of drug-likeness (QED) is 0.536. The number of non-ortho nitro benzene ring substituents is 1. The standard InChI is InChI=1S/C17H24N4O5S.ClH/c1-12-10-13(7-8-18-12)19-17(22)16-6-3-9-20(16)27(25,26)15-5-2-4-14(11-15)21(23)24;/h2,4-5,11-13,16,18H,3,6-10H2,1H3,(H,19,22);1H. The maximum Gasteiger partial charge on any atom is 0.270 e. The van der Waals surface area contributed by atoms with E-state index in [4.69, 9.17) is 0 Å². The predicted molar refractivity (Wildman–Crippen MR) is 106 cm³/mol. The smallest absolute Gasteiger partial charge is 0.270 e. The van der Waals surface area contributed by atoms with E-state index in [9.17, 15) is 23.3 Å². The van der Waals surface area contributed by atoms with Gasteiger partial charge in [0.15, 0.2) is 0 Å². The van der Waals surface area contributed by atoms with Gasteiger partial charge in [0.05, 0.1) is 9.82 Å². The van der Waals surface area contributed by atoms with Gasteiger partial charge in [0.25, 0.3) is 5.69 Å². The highest BCUT2D eigenvalue weighted by atomic mass is 35.5. The third-order valence-corrected chi connectivity index (χ3v) is 7.02. The fourth-order valence-electron chi connectivity index (χ4n) is 3.74. The van der Waals surface area contributed by atoms with Gasteiger partial charge in [-0.15, -0.1) is 12.4 Å². The first-order chi connectivity index (χ1) is 12.8. The molecule has 0 saturated carbocycles. The van der Waals surface area contributed by atoms with Gasteiger partial charge in [-0.3, -0.25) is 14.9 Å². The Bertz CT molecular complexity index is 835. The number of nitro benzene ring substituents is 1. The van der Waals surface area contributed by atoms with E-state index >= 15 is 0 Å². The van der Waals surface area contributed by atoms with Crippen LogP contribution in [0.1, 0.15) is 32.6 Å². The molecule has 0 aliphatic carbocycles. The molecule has 1 amide bonds. The average molecular weight is 433 g/mol. The van der Waals surface area contributed by atoms with Crippen molar-refractivity contribution in [3.05, 3.63) is 34.4 Å².